The average molecular weight is 478 g/mol. The first-order valence-electron chi connectivity index (χ1n) is 9.23. The largest absolute Gasteiger partial charge is 0.504 e. The molecule has 4 atom stereocenters. The predicted molar refractivity (Wildman–Crippen MR) is 106 cm³/mol. The lowest BCUT2D eigenvalue weighted by Crippen LogP contribution is -2.30. The summed E-state index contributed by atoms with van der Waals surface area (Å²) in [6.07, 6.45) is 8.03. The number of allylic oxidation sites excluding steroid dienone is 2. The minimum absolute atomic E-state index is 0.0786. The highest BCUT2D eigenvalue weighted by Gasteiger charge is 2.73. The molecule has 0 radical (unpaired) electrons. The number of rotatable bonds is 4. The van der Waals surface area contributed by atoms with E-state index in [1.807, 2.05) is 29.5 Å². The number of fused-ring (bicyclic) bond motifs is 3. The summed E-state index contributed by atoms with van der Waals surface area (Å²) < 4.78 is 6.05. The fraction of sp³-hybridized carbons (Fsp3) is 0.450. The van der Waals surface area contributed by atoms with Gasteiger partial charge in [0.2, 0.25) is 0 Å². The molecule has 1 spiro atoms. The highest BCUT2D eigenvalue weighted by atomic mass is 127. The normalized spacial score (nSPS) is 32.1. The molecule has 140 valence electrons. The van der Waals surface area contributed by atoms with Crippen LogP contribution >= 0.6 is 22.6 Å². The lowest BCUT2D eigenvalue weighted by Gasteiger charge is -2.18. The van der Waals surface area contributed by atoms with Crippen LogP contribution in [-0.2, 0) is 9.59 Å². The van der Waals surface area contributed by atoms with Crippen LogP contribution in [-0.4, -0.2) is 34.8 Å². The zero-order valence-corrected chi connectivity index (χ0v) is 16.9. The van der Waals surface area contributed by atoms with Gasteiger partial charge in [0.1, 0.15) is 0 Å². The Kier molecular flexibility index (Phi) is 3.70. The minimum Gasteiger partial charge on any atom is -0.504 e. The van der Waals surface area contributed by atoms with E-state index in [0.717, 1.165) is 17.9 Å². The Morgan fingerprint density at radius 2 is 1.89 bits per heavy atom. The van der Waals surface area contributed by atoms with Crippen molar-refractivity contribution in [2.45, 2.75) is 19.8 Å². The van der Waals surface area contributed by atoms with Crippen molar-refractivity contribution in [2.75, 3.05) is 6.61 Å². The van der Waals surface area contributed by atoms with Crippen LogP contribution in [0.5, 0.6) is 11.5 Å². The summed E-state index contributed by atoms with van der Waals surface area (Å²) in [6.45, 7) is 2.26. The fourth-order valence-electron chi connectivity index (χ4n) is 5.23. The molecule has 1 N–H and O–H groups in total. The first-order valence-corrected chi connectivity index (χ1v) is 10.3. The standard InChI is InChI=1S/C20H19IN2O4/c1-2-27-14-8-10(7-13(21)17(14)24)9-22-23-18(25)15-11-3-4-12(16(15)19(23)26)20(11)5-6-20/h3-4,7-9,11-12,15-16,24H,2,5-6H2,1H3/b22-9-/t11-,12-,15+,16+/m1/s1. The Balaban J connectivity index is 1.41. The molecular weight excluding hydrogens is 459 g/mol. The number of hydrogen-bond acceptors (Lipinski definition) is 5. The lowest BCUT2D eigenvalue weighted by molar-refractivity contribution is -0.141. The minimum atomic E-state index is -0.244. The average Bonchev–Trinajstić information content (AvgIpc) is 3.24. The number of amides is 2. The van der Waals surface area contributed by atoms with E-state index >= 15 is 0 Å². The molecule has 6 nitrogen and oxygen atoms in total. The molecule has 3 aliphatic carbocycles. The predicted octanol–water partition coefficient (Wildman–Crippen LogP) is 2.93. The van der Waals surface area contributed by atoms with Crippen molar-refractivity contribution in [2.24, 2.45) is 34.2 Å². The number of nitrogens with zero attached hydrogens (tertiary/aromatic N) is 2. The number of phenols is 1. The van der Waals surface area contributed by atoms with Gasteiger partial charge in [-0.05, 0) is 77.3 Å². The quantitative estimate of drug-likeness (QED) is 0.313. The monoisotopic (exact) mass is 478 g/mol. The van der Waals surface area contributed by atoms with Gasteiger partial charge in [-0.3, -0.25) is 9.59 Å². The molecule has 7 heteroatoms. The maximum Gasteiger partial charge on any atom is 0.254 e. The summed E-state index contributed by atoms with van der Waals surface area (Å²) in [5.74, 6) is -0.0100. The maximum absolute atomic E-state index is 12.9. The van der Waals surface area contributed by atoms with Crippen LogP contribution in [0.3, 0.4) is 0 Å². The van der Waals surface area contributed by atoms with Gasteiger partial charge >= 0.3 is 0 Å². The van der Waals surface area contributed by atoms with E-state index in [1.54, 1.807) is 12.1 Å². The molecule has 5 rings (SSSR count). The van der Waals surface area contributed by atoms with E-state index in [1.165, 1.54) is 6.21 Å². The van der Waals surface area contributed by atoms with Gasteiger partial charge in [-0.1, -0.05) is 12.2 Å². The molecule has 0 unspecified atom stereocenters. The first-order chi connectivity index (χ1) is 13.0. The van der Waals surface area contributed by atoms with Gasteiger partial charge < -0.3 is 9.84 Å². The van der Waals surface area contributed by atoms with Crippen molar-refractivity contribution in [3.05, 3.63) is 33.4 Å². The Morgan fingerprint density at radius 3 is 2.44 bits per heavy atom. The van der Waals surface area contributed by atoms with Gasteiger partial charge in [-0.2, -0.15) is 10.1 Å². The summed E-state index contributed by atoms with van der Waals surface area (Å²) in [5, 5.41) is 15.3. The maximum atomic E-state index is 12.9. The van der Waals surface area contributed by atoms with Crippen LogP contribution in [0.25, 0.3) is 0 Å². The van der Waals surface area contributed by atoms with Gasteiger partial charge in [0, 0.05) is 0 Å². The number of phenolic OH excluding ortho intramolecular Hbond substituents is 1. The second kappa shape index (κ2) is 5.80. The molecule has 2 bridgehead atoms. The van der Waals surface area contributed by atoms with Crippen LogP contribution in [0, 0.1) is 32.7 Å². The van der Waals surface area contributed by atoms with E-state index in [0.29, 0.717) is 21.5 Å². The number of benzene rings is 1. The number of carbonyl (C=O) groups is 2. The summed E-state index contributed by atoms with van der Waals surface area (Å²) >= 11 is 2.01. The van der Waals surface area contributed by atoms with Crippen LogP contribution < -0.4 is 4.74 Å². The first kappa shape index (κ1) is 17.2. The zero-order chi connectivity index (χ0) is 18.9. The second-order valence-corrected chi connectivity index (χ2v) is 8.90. The van der Waals surface area contributed by atoms with Gasteiger partial charge in [-0.25, -0.2) is 0 Å². The van der Waals surface area contributed by atoms with Crippen molar-refractivity contribution >= 4 is 40.6 Å². The summed E-state index contributed by atoms with van der Waals surface area (Å²) in [5.41, 5.74) is 0.855. The Labute approximate surface area is 170 Å². The zero-order valence-electron chi connectivity index (χ0n) is 14.8. The van der Waals surface area contributed by atoms with E-state index in [4.69, 9.17) is 4.74 Å². The molecule has 1 aromatic carbocycles. The van der Waals surface area contributed by atoms with Crippen LogP contribution in [0.1, 0.15) is 25.3 Å². The summed E-state index contributed by atoms with van der Waals surface area (Å²) in [7, 11) is 0. The molecule has 1 saturated heterocycles. The number of aromatic hydroxyl groups is 1. The highest BCUT2D eigenvalue weighted by Crippen LogP contribution is 2.73. The molecule has 4 aliphatic rings. The van der Waals surface area contributed by atoms with E-state index < -0.39 is 0 Å². The third kappa shape index (κ3) is 2.26. The number of ether oxygens (including phenoxy) is 1. The second-order valence-electron chi connectivity index (χ2n) is 7.74. The molecule has 1 aromatic rings. The topological polar surface area (TPSA) is 79.2 Å². The molecular formula is C20H19IN2O4. The Bertz CT molecular complexity index is 887. The highest BCUT2D eigenvalue weighted by molar-refractivity contribution is 14.1. The summed E-state index contributed by atoms with van der Waals surface area (Å²) in [4.78, 5) is 25.8. The number of hydrazone groups is 1. The molecule has 27 heavy (non-hydrogen) atoms. The van der Waals surface area contributed by atoms with Crippen molar-refractivity contribution < 1.29 is 19.4 Å². The van der Waals surface area contributed by atoms with Gasteiger partial charge in [0.25, 0.3) is 11.8 Å². The fourth-order valence-corrected chi connectivity index (χ4v) is 5.86. The van der Waals surface area contributed by atoms with Crippen LogP contribution in [0.2, 0.25) is 0 Å². The number of imide groups is 1. The number of halogens is 1. The van der Waals surface area contributed by atoms with Gasteiger partial charge in [0.05, 0.1) is 28.2 Å². The van der Waals surface area contributed by atoms with Crippen molar-refractivity contribution in [3.63, 3.8) is 0 Å². The Morgan fingerprint density at radius 1 is 1.26 bits per heavy atom. The molecule has 1 heterocycles. The van der Waals surface area contributed by atoms with Crippen molar-refractivity contribution in [3.8, 4) is 11.5 Å². The summed E-state index contributed by atoms with van der Waals surface area (Å²) in [6, 6.07) is 3.39. The van der Waals surface area contributed by atoms with E-state index in [-0.39, 0.29) is 46.7 Å². The van der Waals surface area contributed by atoms with Gasteiger partial charge in [-0.15, -0.1) is 0 Å². The third-order valence-electron chi connectivity index (χ3n) is 6.50. The molecule has 3 fully saturated rings. The van der Waals surface area contributed by atoms with Crippen LogP contribution in [0.4, 0.5) is 0 Å². The van der Waals surface area contributed by atoms with Crippen molar-refractivity contribution in [1.29, 1.82) is 0 Å². The SMILES string of the molecule is CCOc1cc(/C=N\N2C(=O)[C@@H]3[C@@H](C2=O)[C@H]2C=C[C@H]3C23CC3)cc(I)c1O. The number of hydrogen-bond donors (Lipinski definition) is 1. The molecule has 1 aliphatic heterocycles. The van der Waals surface area contributed by atoms with E-state index in [2.05, 4.69) is 17.3 Å². The molecule has 0 aromatic heterocycles. The lowest BCUT2D eigenvalue weighted by atomic mass is 9.85. The van der Waals surface area contributed by atoms with Crippen molar-refractivity contribution in [1.82, 2.24) is 5.01 Å². The Hall–Kier alpha value is -1.90. The number of carbonyl (C=O) groups excluding carboxylic acids is 2. The van der Waals surface area contributed by atoms with Crippen LogP contribution in [0.15, 0.2) is 29.4 Å². The van der Waals surface area contributed by atoms with E-state index in [9.17, 15) is 14.7 Å². The third-order valence-corrected chi connectivity index (χ3v) is 7.32. The molecule has 2 saturated carbocycles. The van der Waals surface area contributed by atoms with Gasteiger partial charge in [0.15, 0.2) is 11.5 Å². The molecule has 2 amide bonds. The smallest absolute Gasteiger partial charge is 0.254 e.